The van der Waals surface area contributed by atoms with E-state index in [-0.39, 0.29) is 6.10 Å². The molecule has 4 heteroatoms. The first-order chi connectivity index (χ1) is 7.25. The number of aliphatic hydroxyl groups is 1. The summed E-state index contributed by atoms with van der Waals surface area (Å²) in [6.07, 6.45) is 5.54. The molecule has 1 saturated carbocycles. The molecular formula is C11H16BrNO2. The molecule has 0 saturated heterocycles. The van der Waals surface area contributed by atoms with E-state index in [0.29, 0.717) is 6.04 Å². The molecule has 15 heavy (non-hydrogen) atoms. The normalized spacial score (nSPS) is 26.8. The Labute approximate surface area is 98.0 Å². The molecule has 1 aliphatic rings. The van der Waals surface area contributed by atoms with Crippen LogP contribution in [0.15, 0.2) is 21.2 Å². The second-order valence-electron chi connectivity index (χ2n) is 4.08. The third kappa shape index (κ3) is 3.06. The minimum Gasteiger partial charge on any atom is -0.467 e. The largest absolute Gasteiger partial charge is 0.467 e. The van der Waals surface area contributed by atoms with Crippen LogP contribution in [0.2, 0.25) is 0 Å². The minimum atomic E-state index is -0.0848. The molecule has 0 aliphatic heterocycles. The van der Waals surface area contributed by atoms with Crippen LogP contribution in [0, 0.1) is 0 Å². The summed E-state index contributed by atoms with van der Waals surface area (Å²) < 4.78 is 6.34. The van der Waals surface area contributed by atoms with E-state index in [1.807, 2.05) is 6.07 Å². The maximum absolute atomic E-state index is 9.37. The Kier molecular flexibility index (Phi) is 3.83. The highest BCUT2D eigenvalue weighted by Crippen LogP contribution is 2.21. The fourth-order valence-electron chi connectivity index (χ4n) is 1.97. The van der Waals surface area contributed by atoms with Crippen molar-refractivity contribution in [3.05, 3.63) is 22.6 Å². The molecule has 0 amide bonds. The molecule has 3 nitrogen and oxygen atoms in total. The van der Waals surface area contributed by atoms with Crippen LogP contribution in [0.4, 0.5) is 0 Å². The van der Waals surface area contributed by atoms with E-state index < -0.39 is 0 Å². The van der Waals surface area contributed by atoms with Gasteiger partial charge in [-0.25, -0.2) is 0 Å². The Morgan fingerprint density at radius 3 is 2.73 bits per heavy atom. The lowest BCUT2D eigenvalue weighted by atomic mass is 9.93. The van der Waals surface area contributed by atoms with Crippen LogP contribution >= 0.6 is 15.9 Å². The highest BCUT2D eigenvalue weighted by atomic mass is 79.9. The Bertz CT molecular complexity index is 305. The van der Waals surface area contributed by atoms with Gasteiger partial charge in [-0.05, 0) is 47.7 Å². The van der Waals surface area contributed by atoms with Gasteiger partial charge < -0.3 is 14.8 Å². The van der Waals surface area contributed by atoms with Gasteiger partial charge in [0.25, 0.3) is 0 Å². The molecule has 1 aromatic rings. The van der Waals surface area contributed by atoms with E-state index in [1.54, 1.807) is 6.26 Å². The van der Waals surface area contributed by atoms with E-state index in [2.05, 4.69) is 21.2 Å². The van der Waals surface area contributed by atoms with Gasteiger partial charge in [0, 0.05) is 6.04 Å². The number of hydrogen-bond acceptors (Lipinski definition) is 3. The van der Waals surface area contributed by atoms with Crippen molar-refractivity contribution < 1.29 is 9.52 Å². The zero-order valence-electron chi connectivity index (χ0n) is 8.58. The maximum atomic E-state index is 9.37. The van der Waals surface area contributed by atoms with E-state index in [1.165, 1.54) is 0 Å². The summed E-state index contributed by atoms with van der Waals surface area (Å²) >= 11 is 3.43. The molecule has 1 heterocycles. The van der Waals surface area contributed by atoms with E-state index >= 15 is 0 Å². The van der Waals surface area contributed by atoms with Crippen molar-refractivity contribution >= 4 is 15.9 Å². The number of nitrogens with one attached hydrogen (secondary N) is 1. The Hall–Kier alpha value is -0.320. The summed E-state index contributed by atoms with van der Waals surface area (Å²) in [5.41, 5.74) is 0. The van der Waals surface area contributed by atoms with Gasteiger partial charge in [-0.1, -0.05) is 0 Å². The van der Waals surface area contributed by atoms with E-state index in [0.717, 1.165) is 42.5 Å². The molecular weight excluding hydrogens is 258 g/mol. The van der Waals surface area contributed by atoms with Crippen molar-refractivity contribution in [1.29, 1.82) is 0 Å². The van der Waals surface area contributed by atoms with Crippen molar-refractivity contribution in [3.63, 3.8) is 0 Å². The van der Waals surface area contributed by atoms with Crippen LogP contribution in [0.5, 0.6) is 0 Å². The van der Waals surface area contributed by atoms with Gasteiger partial charge in [-0.15, -0.1) is 0 Å². The first-order valence-electron chi connectivity index (χ1n) is 5.39. The van der Waals surface area contributed by atoms with Crippen LogP contribution in [0.1, 0.15) is 31.4 Å². The van der Waals surface area contributed by atoms with Crippen LogP contribution in [-0.4, -0.2) is 17.3 Å². The fourth-order valence-corrected chi connectivity index (χ4v) is 2.31. The first-order valence-corrected chi connectivity index (χ1v) is 6.18. The van der Waals surface area contributed by atoms with E-state index in [4.69, 9.17) is 4.42 Å². The third-order valence-corrected chi connectivity index (χ3v) is 3.65. The number of hydrogen-bond donors (Lipinski definition) is 2. The molecule has 0 atom stereocenters. The van der Waals surface area contributed by atoms with Crippen LogP contribution in [0.25, 0.3) is 0 Å². The third-order valence-electron chi connectivity index (χ3n) is 2.94. The predicted molar refractivity (Wildman–Crippen MR) is 61.5 cm³/mol. The first kappa shape index (κ1) is 11.2. The number of rotatable bonds is 3. The van der Waals surface area contributed by atoms with Crippen molar-refractivity contribution in [2.75, 3.05) is 0 Å². The summed E-state index contributed by atoms with van der Waals surface area (Å²) in [6.45, 7) is 0.758. The molecule has 0 bridgehead atoms. The zero-order valence-corrected chi connectivity index (χ0v) is 10.2. The molecule has 1 aliphatic carbocycles. The Morgan fingerprint density at radius 2 is 2.13 bits per heavy atom. The van der Waals surface area contributed by atoms with Crippen molar-refractivity contribution in [1.82, 2.24) is 5.32 Å². The lowest BCUT2D eigenvalue weighted by Crippen LogP contribution is -2.34. The monoisotopic (exact) mass is 273 g/mol. The summed E-state index contributed by atoms with van der Waals surface area (Å²) in [4.78, 5) is 0. The SMILES string of the molecule is OC1CCC(NCc2occc2Br)CC1. The Morgan fingerprint density at radius 1 is 1.40 bits per heavy atom. The predicted octanol–water partition coefficient (Wildman–Crippen LogP) is 2.44. The zero-order chi connectivity index (χ0) is 10.7. The molecule has 1 fully saturated rings. The molecule has 0 spiro atoms. The Balaban J connectivity index is 1.77. The van der Waals surface area contributed by atoms with Gasteiger partial charge in [0.1, 0.15) is 5.76 Å². The lowest BCUT2D eigenvalue weighted by molar-refractivity contribution is 0.116. The van der Waals surface area contributed by atoms with Crippen molar-refractivity contribution in [3.8, 4) is 0 Å². The molecule has 84 valence electrons. The topological polar surface area (TPSA) is 45.4 Å². The summed E-state index contributed by atoms with van der Waals surface area (Å²) in [7, 11) is 0. The molecule has 1 aromatic heterocycles. The molecule has 0 radical (unpaired) electrons. The minimum absolute atomic E-state index is 0.0848. The second kappa shape index (κ2) is 5.14. The van der Waals surface area contributed by atoms with Gasteiger partial charge in [0.2, 0.25) is 0 Å². The summed E-state index contributed by atoms with van der Waals surface area (Å²) in [5, 5.41) is 12.8. The average molecular weight is 274 g/mol. The molecule has 0 unspecified atom stereocenters. The summed E-state index contributed by atoms with van der Waals surface area (Å²) in [6, 6.07) is 2.42. The van der Waals surface area contributed by atoms with Crippen molar-refractivity contribution in [2.45, 2.75) is 44.4 Å². The van der Waals surface area contributed by atoms with Crippen LogP contribution in [0.3, 0.4) is 0 Å². The van der Waals surface area contributed by atoms with Gasteiger partial charge in [-0.2, -0.15) is 0 Å². The number of aliphatic hydroxyl groups excluding tert-OH is 1. The lowest BCUT2D eigenvalue weighted by Gasteiger charge is -2.25. The quantitative estimate of drug-likeness (QED) is 0.889. The number of furan rings is 1. The maximum Gasteiger partial charge on any atom is 0.131 e. The molecule has 2 rings (SSSR count). The van der Waals surface area contributed by atoms with Crippen molar-refractivity contribution in [2.24, 2.45) is 0 Å². The fraction of sp³-hybridized carbons (Fsp3) is 0.636. The standard InChI is InChI=1S/C11H16BrNO2/c12-10-5-6-15-11(10)7-13-8-1-3-9(14)4-2-8/h5-6,8-9,13-14H,1-4,7H2. The average Bonchev–Trinajstić information content (AvgIpc) is 2.63. The second-order valence-corrected chi connectivity index (χ2v) is 4.93. The molecule has 0 aromatic carbocycles. The van der Waals surface area contributed by atoms with Gasteiger partial charge in [0.05, 0.1) is 23.4 Å². The van der Waals surface area contributed by atoms with Gasteiger partial charge in [-0.3, -0.25) is 0 Å². The highest BCUT2D eigenvalue weighted by Gasteiger charge is 2.19. The van der Waals surface area contributed by atoms with Crippen LogP contribution < -0.4 is 5.32 Å². The van der Waals surface area contributed by atoms with Crippen LogP contribution in [-0.2, 0) is 6.54 Å². The molecule has 2 N–H and O–H groups in total. The van der Waals surface area contributed by atoms with Gasteiger partial charge in [0.15, 0.2) is 0 Å². The smallest absolute Gasteiger partial charge is 0.131 e. The van der Waals surface area contributed by atoms with Gasteiger partial charge >= 0.3 is 0 Å². The van der Waals surface area contributed by atoms with E-state index in [9.17, 15) is 5.11 Å². The number of halogens is 1. The highest BCUT2D eigenvalue weighted by molar-refractivity contribution is 9.10. The summed E-state index contributed by atoms with van der Waals surface area (Å²) in [5.74, 6) is 0.945.